The number of rotatable bonds is 5. The summed E-state index contributed by atoms with van der Waals surface area (Å²) >= 11 is 0. The van der Waals surface area contributed by atoms with E-state index in [1.165, 1.54) is 14.2 Å². The normalized spacial score (nSPS) is 10.2. The van der Waals surface area contributed by atoms with Crippen LogP contribution in [0.3, 0.4) is 0 Å². The predicted octanol–water partition coefficient (Wildman–Crippen LogP) is -0.927. The Hall–Kier alpha value is -3.71. The Bertz CT molecular complexity index is 844. The summed E-state index contributed by atoms with van der Waals surface area (Å²) in [4.78, 5) is 26.6. The lowest BCUT2D eigenvalue weighted by molar-refractivity contribution is 0.253. The Morgan fingerprint density at radius 2 is 1.58 bits per heavy atom. The molecule has 0 spiro atoms. The maximum atomic E-state index is 11.5. The van der Waals surface area contributed by atoms with Crippen molar-refractivity contribution in [3.05, 3.63) is 18.2 Å². The van der Waals surface area contributed by atoms with Crippen LogP contribution in [0.25, 0.3) is 11.3 Å². The van der Waals surface area contributed by atoms with Crippen molar-refractivity contribution >= 4 is 23.8 Å². The van der Waals surface area contributed by atoms with Gasteiger partial charge in [0.25, 0.3) is 5.95 Å². The fourth-order valence-corrected chi connectivity index (χ4v) is 1.95. The standard InChI is InChI=1S/C13H17N9O4/c1-25-7-4-3-6(5-8(7)26-2)9-10(21(16)11(14)23)18-13(20-19-9)22(17)12(15)24/h3-5H,16-17H2,1-2H3,(H2,14,23)(H2,15,24). The number of urea groups is 2. The number of amides is 4. The van der Waals surface area contributed by atoms with Crippen molar-refractivity contribution < 1.29 is 19.1 Å². The van der Waals surface area contributed by atoms with Gasteiger partial charge in [0, 0.05) is 5.56 Å². The van der Waals surface area contributed by atoms with E-state index < -0.39 is 12.1 Å². The molecule has 0 aliphatic carbocycles. The zero-order valence-electron chi connectivity index (χ0n) is 13.9. The van der Waals surface area contributed by atoms with E-state index in [2.05, 4.69) is 15.2 Å². The minimum absolute atomic E-state index is 0.0777. The van der Waals surface area contributed by atoms with Crippen LogP contribution >= 0.6 is 0 Å². The minimum atomic E-state index is -1.04. The fraction of sp³-hybridized carbons (Fsp3) is 0.154. The molecule has 0 unspecified atom stereocenters. The molecule has 0 radical (unpaired) electrons. The molecular weight excluding hydrogens is 346 g/mol. The monoisotopic (exact) mass is 363 g/mol. The molecule has 0 fully saturated rings. The van der Waals surface area contributed by atoms with Crippen LogP contribution in [-0.2, 0) is 0 Å². The molecule has 0 atom stereocenters. The van der Waals surface area contributed by atoms with Crippen molar-refractivity contribution in [1.29, 1.82) is 0 Å². The first-order valence-electron chi connectivity index (χ1n) is 6.95. The van der Waals surface area contributed by atoms with Crippen molar-refractivity contribution in [3.8, 4) is 22.8 Å². The average Bonchev–Trinajstić information content (AvgIpc) is 2.65. The molecule has 1 aromatic carbocycles. The summed E-state index contributed by atoms with van der Waals surface area (Å²) in [6.07, 6.45) is 0. The molecule has 2 aromatic rings. The Morgan fingerprint density at radius 1 is 0.962 bits per heavy atom. The van der Waals surface area contributed by atoms with Crippen LogP contribution < -0.4 is 42.6 Å². The minimum Gasteiger partial charge on any atom is -0.493 e. The summed E-state index contributed by atoms with van der Waals surface area (Å²) in [5.41, 5.74) is 10.8. The van der Waals surface area contributed by atoms with E-state index in [1.54, 1.807) is 18.2 Å². The molecule has 0 aliphatic heterocycles. The number of hydrazine groups is 2. The zero-order valence-corrected chi connectivity index (χ0v) is 13.9. The van der Waals surface area contributed by atoms with E-state index in [9.17, 15) is 9.59 Å². The third-order valence-corrected chi connectivity index (χ3v) is 3.23. The summed E-state index contributed by atoms with van der Waals surface area (Å²) in [7, 11) is 2.93. The first-order valence-corrected chi connectivity index (χ1v) is 6.95. The number of nitrogens with zero attached hydrogens (tertiary/aromatic N) is 5. The van der Waals surface area contributed by atoms with Crippen molar-refractivity contribution in [1.82, 2.24) is 15.2 Å². The second kappa shape index (κ2) is 7.45. The van der Waals surface area contributed by atoms with Gasteiger partial charge in [0.05, 0.1) is 14.2 Å². The number of hydrogen-bond acceptors (Lipinski definition) is 9. The quantitative estimate of drug-likeness (QED) is 0.294. The number of anilines is 2. The Labute approximate surface area is 147 Å². The summed E-state index contributed by atoms with van der Waals surface area (Å²) < 4.78 is 10.4. The van der Waals surface area contributed by atoms with Crippen LogP contribution in [-0.4, -0.2) is 41.5 Å². The van der Waals surface area contributed by atoms with Crippen LogP contribution in [0.5, 0.6) is 11.5 Å². The van der Waals surface area contributed by atoms with Gasteiger partial charge in [0.2, 0.25) is 0 Å². The molecule has 26 heavy (non-hydrogen) atoms. The summed E-state index contributed by atoms with van der Waals surface area (Å²) in [6, 6.07) is 2.72. The third-order valence-electron chi connectivity index (χ3n) is 3.23. The van der Waals surface area contributed by atoms with Crippen molar-refractivity contribution in [2.24, 2.45) is 23.2 Å². The first-order chi connectivity index (χ1) is 12.3. The van der Waals surface area contributed by atoms with Gasteiger partial charge in [0.15, 0.2) is 17.3 Å². The van der Waals surface area contributed by atoms with Crippen molar-refractivity contribution in [2.45, 2.75) is 0 Å². The number of carbonyl (C=O) groups excluding carboxylic acids is 2. The molecule has 0 saturated heterocycles. The average molecular weight is 363 g/mol. The second-order valence-electron chi connectivity index (χ2n) is 4.77. The van der Waals surface area contributed by atoms with Gasteiger partial charge in [-0.15, -0.1) is 10.2 Å². The van der Waals surface area contributed by atoms with E-state index in [0.717, 1.165) is 0 Å². The highest BCUT2D eigenvalue weighted by Gasteiger charge is 2.22. The lowest BCUT2D eigenvalue weighted by atomic mass is 10.1. The summed E-state index contributed by atoms with van der Waals surface area (Å²) in [5, 5.41) is 8.59. The van der Waals surface area contributed by atoms with Crippen LogP contribution in [0, 0.1) is 0 Å². The Balaban J connectivity index is 2.64. The summed E-state index contributed by atoms with van der Waals surface area (Å²) in [5.74, 6) is 11.4. The van der Waals surface area contributed by atoms with E-state index in [-0.39, 0.29) is 17.5 Å². The van der Waals surface area contributed by atoms with E-state index >= 15 is 0 Å². The molecule has 1 heterocycles. The lowest BCUT2D eigenvalue weighted by Crippen LogP contribution is -2.45. The number of carbonyl (C=O) groups is 2. The van der Waals surface area contributed by atoms with Gasteiger partial charge in [-0.1, -0.05) is 0 Å². The zero-order chi connectivity index (χ0) is 19.4. The van der Waals surface area contributed by atoms with Crippen LogP contribution in [0.1, 0.15) is 0 Å². The number of ether oxygens (including phenoxy) is 2. The molecule has 1 aromatic heterocycles. The van der Waals surface area contributed by atoms with Gasteiger partial charge in [-0.3, -0.25) is 0 Å². The van der Waals surface area contributed by atoms with E-state index in [0.29, 0.717) is 27.1 Å². The first kappa shape index (κ1) is 18.6. The number of primary amides is 2. The molecule has 8 N–H and O–H groups in total. The maximum absolute atomic E-state index is 11.5. The van der Waals surface area contributed by atoms with Gasteiger partial charge in [-0.05, 0) is 18.2 Å². The van der Waals surface area contributed by atoms with Gasteiger partial charge < -0.3 is 20.9 Å². The fourth-order valence-electron chi connectivity index (χ4n) is 1.95. The van der Waals surface area contributed by atoms with E-state index in [1.807, 2.05) is 0 Å². The maximum Gasteiger partial charge on any atom is 0.336 e. The molecule has 13 nitrogen and oxygen atoms in total. The topological polar surface area (TPSA) is 202 Å². The third kappa shape index (κ3) is 3.52. The van der Waals surface area contributed by atoms with Crippen LogP contribution in [0.15, 0.2) is 18.2 Å². The number of hydrogen-bond donors (Lipinski definition) is 4. The molecule has 0 bridgehead atoms. The smallest absolute Gasteiger partial charge is 0.336 e. The van der Waals surface area contributed by atoms with Crippen LogP contribution in [0.2, 0.25) is 0 Å². The predicted molar refractivity (Wildman–Crippen MR) is 90.9 cm³/mol. The highest BCUT2D eigenvalue weighted by molar-refractivity contribution is 5.93. The van der Waals surface area contributed by atoms with Gasteiger partial charge in [0.1, 0.15) is 5.69 Å². The van der Waals surface area contributed by atoms with Gasteiger partial charge in [-0.25, -0.2) is 26.3 Å². The molecule has 138 valence electrons. The molecule has 13 heteroatoms. The van der Waals surface area contributed by atoms with Crippen molar-refractivity contribution in [2.75, 3.05) is 24.2 Å². The highest BCUT2D eigenvalue weighted by Crippen LogP contribution is 2.34. The molecule has 0 saturated carbocycles. The number of aromatic nitrogens is 3. The van der Waals surface area contributed by atoms with Crippen LogP contribution in [0.4, 0.5) is 21.4 Å². The number of nitrogens with two attached hydrogens (primary N) is 4. The SMILES string of the molecule is COc1ccc(-c2nnc(N(N)C(N)=O)nc2N(N)C(N)=O)cc1OC. The lowest BCUT2D eigenvalue weighted by Gasteiger charge is -2.18. The number of methoxy groups -OCH3 is 2. The van der Waals surface area contributed by atoms with Gasteiger partial charge in [-0.2, -0.15) is 9.99 Å². The summed E-state index contributed by atoms with van der Waals surface area (Å²) in [6.45, 7) is 0. The largest absolute Gasteiger partial charge is 0.493 e. The molecule has 0 aliphatic rings. The molecule has 2 rings (SSSR count). The van der Waals surface area contributed by atoms with Gasteiger partial charge >= 0.3 is 12.1 Å². The van der Waals surface area contributed by atoms with E-state index in [4.69, 9.17) is 32.6 Å². The molecular formula is C13H17N9O4. The van der Waals surface area contributed by atoms with Crippen molar-refractivity contribution in [3.63, 3.8) is 0 Å². The Kier molecular flexibility index (Phi) is 5.34. The highest BCUT2D eigenvalue weighted by atomic mass is 16.5. The number of benzene rings is 1. The Morgan fingerprint density at radius 3 is 2.12 bits per heavy atom. The molecule has 4 amide bonds. The second-order valence-corrected chi connectivity index (χ2v) is 4.77.